The van der Waals surface area contributed by atoms with Crippen molar-refractivity contribution in [2.24, 2.45) is 0 Å². The van der Waals surface area contributed by atoms with Crippen LogP contribution in [0.25, 0.3) is 0 Å². The Morgan fingerprint density at radius 2 is 2.00 bits per heavy atom. The minimum atomic E-state index is 0.368. The molecule has 0 aliphatic carbocycles. The maximum absolute atomic E-state index is 9.62. The second kappa shape index (κ2) is 6.73. The molecule has 1 aliphatic rings. The fraction of sp³-hybridized carbons (Fsp3) is 0.562. The zero-order valence-electron chi connectivity index (χ0n) is 13.6. The zero-order valence-corrected chi connectivity index (χ0v) is 13.6. The first-order chi connectivity index (χ1) is 11.3. The van der Waals surface area contributed by atoms with Gasteiger partial charge in [-0.15, -0.1) is 10.2 Å². The summed E-state index contributed by atoms with van der Waals surface area (Å²) in [6.45, 7) is 5.82. The lowest BCUT2D eigenvalue weighted by Gasteiger charge is -2.33. The lowest BCUT2D eigenvalue weighted by Crippen LogP contribution is -2.36. The molecule has 3 rings (SSSR count). The first-order valence-corrected chi connectivity index (χ1v) is 8.17. The molecule has 23 heavy (non-hydrogen) atoms. The van der Waals surface area contributed by atoms with E-state index in [1.807, 2.05) is 17.8 Å². The fourth-order valence-electron chi connectivity index (χ4n) is 3.26. The molecule has 120 valence electrons. The van der Waals surface area contributed by atoms with Crippen LogP contribution < -0.4 is 4.90 Å². The Morgan fingerprint density at radius 1 is 1.22 bits per heavy atom. The second-order valence-corrected chi connectivity index (χ2v) is 5.74. The summed E-state index contributed by atoms with van der Waals surface area (Å²) in [5.41, 5.74) is 2.67. The first kappa shape index (κ1) is 15.4. The number of nitrogens with zero attached hydrogens (tertiary/aromatic N) is 7. The van der Waals surface area contributed by atoms with E-state index >= 15 is 0 Å². The van der Waals surface area contributed by atoms with Crippen molar-refractivity contribution < 1.29 is 0 Å². The number of hydrogen-bond acceptors (Lipinski definition) is 6. The van der Waals surface area contributed by atoms with Gasteiger partial charge in [0.05, 0.1) is 17.9 Å². The summed E-state index contributed by atoms with van der Waals surface area (Å²) in [4.78, 5) is 2.18. The van der Waals surface area contributed by atoms with Crippen molar-refractivity contribution in [3.05, 3.63) is 29.2 Å². The maximum Gasteiger partial charge on any atom is 0.169 e. The third-order valence-electron chi connectivity index (χ3n) is 4.52. The number of anilines is 1. The molecule has 1 aliphatic heterocycles. The Kier molecular flexibility index (Phi) is 4.51. The molecule has 0 unspecified atom stereocenters. The van der Waals surface area contributed by atoms with Crippen LogP contribution in [-0.2, 0) is 12.8 Å². The maximum atomic E-state index is 9.62. The molecule has 0 amide bonds. The number of aryl methyl sites for hydroxylation is 1. The van der Waals surface area contributed by atoms with Crippen molar-refractivity contribution in [2.75, 3.05) is 18.0 Å². The van der Waals surface area contributed by atoms with E-state index in [1.54, 1.807) is 6.20 Å². The van der Waals surface area contributed by atoms with Gasteiger partial charge in [0.25, 0.3) is 0 Å². The van der Waals surface area contributed by atoms with E-state index in [9.17, 15) is 5.26 Å². The first-order valence-electron chi connectivity index (χ1n) is 8.17. The van der Waals surface area contributed by atoms with Gasteiger partial charge in [-0.25, -0.2) is 4.68 Å². The topological polar surface area (TPSA) is 83.5 Å². The summed E-state index contributed by atoms with van der Waals surface area (Å²) in [6.07, 6.45) is 7.16. The van der Waals surface area contributed by atoms with Crippen LogP contribution in [0.4, 0.5) is 5.82 Å². The minimum absolute atomic E-state index is 0.368. The Labute approximate surface area is 135 Å². The van der Waals surface area contributed by atoms with Gasteiger partial charge in [-0.3, -0.25) is 0 Å². The molecule has 0 N–H and O–H groups in total. The molecule has 2 aromatic rings. The lowest BCUT2D eigenvalue weighted by molar-refractivity contribution is 0.358. The average molecular weight is 311 g/mol. The SMILES string of the molecule is CCc1nnc(N2CCC(n3ccnn3)CC2)c(C#N)c1CC. The molecule has 0 bridgehead atoms. The highest BCUT2D eigenvalue weighted by Gasteiger charge is 2.25. The van der Waals surface area contributed by atoms with Crippen molar-refractivity contribution in [1.29, 1.82) is 5.26 Å². The van der Waals surface area contributed by atoms with Crippen LogP contribution in [0, 0.1) is 11.3 Å². The number of rotatable bonds is 4. The van der Waals surface area contributed by atoms with Gasteiger partial charge in [-0.05, 0) is 31.2 Å². The Hall–Kier alpha value is -2.49. The highest BCUT2D eigenvalue weighted by atomic mass is 15.4. The Bertz CT molecular complexity index is 694. The van der Waals surface area contributed by atoms with Crippen LogP contribution in [0.15, 0.2) is 12.4 Å². The van der Waals surface area contributed by atoms with E-state index in [0.29, 0.717) is 11.6 Å². The molecule has 0 saturated carbocycles. The molecule has 0 radical (unpaired) electrons. The molecule has 1 fully saturated rings. The normalized spacial score (nSPS) is 15.6. The molecular weight excluding hydrogens is 290 g/mol. The monoisotopic (exact) mass is 311 g/mol. The summed E-state index contributed by atoms with van der Waals surface area (Å²) < 4.78 is 1.92. The van der Waals surface area contributed by atoms with E-state index in [2.05, 4.69) is 38.4 Å². The zero-order chi connectivity index (χ0) is 16.2. The average Bonchev–Trinajstić information content (AvgIpc) is 3.15. The van der Waals surface area contributed by atoms with Crippen LogP contribution in [0.5, 0.6) is 0 Å². The molecule has 2 aromatic heterocycles. The summed E-state index contributed by atoms with van der Waals surface area (Å²) in [6, 6.07) is 2.72. The quantitative estimate of drug-likeness (QED) is 0.857. The van der Waals surface area contributed by atoms with Crippen LogP contribution in [0.2, 0.25) is 0 Å². The van der Waals surface area contributed by atoms with Gasteiger partial charge in [0.1, 0.15) is 11.6 Å². The fourth-order valence-corrected chi connectivity index (χ4v) is 3.26. The summed E-state index contributed by atoms with van der Waals surface area (Å²) in [7, 11) is 0. The van der Waals surface area contributed by atoms with Crippen LogP contribution in [0.1, 0.15) is 49.6 Å². The highest BCUT2D eigenvalue weighted by Crippen LogP contribution is 2.28. The Morgan fingerprint density at radius 3 is 2.57 bits per heavy atom. The van der Waals surface area contributed by atoms with Crippen molar-refractivity contribution in [1.82, 2.24) is 25.2 Å². The van der Waals surface area contributed by atoms with E-state index in [1.165, 1.54) is 0 Å². The molecule has 0 atom stereocenters. The summed E-state index contributed by atoms with van der Waals surface area (Å²) in [5, 5.41) is 26.3. The van der Waals surface area contributed by atoms with E-state index in [0.717, 1.165) is 55.8 Å². The molecule has 7 nitrogen and oxygen atoms in total. The van der Waals surface area contributed by atoms with Gasteiger partial charge < -0.3 is 4.90 Å². The highest BCUT2D eigenvalue weighted by molar-refractivity contribution is 5.58. The van der Waals surface area contributed by atoms with Gasteiger partial charge in [0, 0.05) is 19.3 Å². The van der Waals surface area contributed by atoms with Crippen molar-refractivity contribution in [3.8, 4) is 6.07 Å². The minimum Gasteiger partial charge on any atom is -0.354 e. The van der Waals surface area contributed by atoms with Crippen LogP contribution in [0.3, 0.4) is 0 Å². The predicted octanol–water partition coefficient (Wildman–Crippen LogP) is 1.91. The van der Waals surface area contributed by atoms with Crippen molar-refractivity contribution in [2.45, 2.75) is 45.6 Å². The number of hydrogen-bond donors (Lipinski definition) is 0. The van der Waals surface area contributed by atoms with Crippen LogP contribution in [-0.4, -0.2) is 38.3 Å². The van der Waals surface area contributed by atoms with E-state index in [-0.39, 0.29) is 0 Å². The van der Waals surface area contributed by atoms with Crippen LogP contribution >= 0.6 is 0 Å². The molecule has 7 heteroatoms. The van der Waals surface area contributed by atoms with Gasteiger partial charge in [0.2, 0.25) is 0 Å². The number of nitriles is 1. The third kappa shape index (κ3) is 2.89. The van der Waals surface area contributed by atoms with Crippen molar-refractivity contribution in [3.63, 3.8) is 0 Å². The molecular formula is C16H21N7. The standard InChI is InChI=1S/C16H21N7/c1-3-13-14(11-17)16(20-19-15(13)4-2)22-8-5-12(6-9-22)23-10-7-18-21-23/h7,10,12H,3-6,8-9H2,1-2H3. The molecule has 3 heterocycles. The largest absolute Gasteiger partial charge is 0.354 e. The summed E-state index contributed by atoms with van der Waals surface area (Å²) >= 11 is 0. The third-order valence-corrected chi connectivity index (χ3v) is 4.52. The smallest absolute Gasteiger partial charge is 0.169 e. The molecule has 1 saturated heterocycles. The van der Waals surface area contributed by atoms with E-state index in [4.69, 9.17) is 0 Å². The van der Waals surface area contributed by atoms with Gasteiger partial charge in [-0.2, -0.15) is 10.4 Å². The number of piperidine rings is 1. The Balaban J connectivity index is 1.82. The van der Waals surface area contributed by atoms with Crippen molar-refractivity contribution >= 4 is 5.82 Å². The van der Waals surface area contributed by atoms with E-state index < -0.39 is 0 Å². The number of aromatic nitrogens is 5. The molecule has 0 aromatic carbocycles. The summed E-state index contributed by atoms with van der Waals surface area (Å²) in [5.74, 6) is 0.735. The molecule has 0 spiro atoms. The van der Waals surface area contributed by atoms with Gasteiger partial charge >= 0.3 is 0 Å². The second-order valence-electron chi connectivity index (χ2n) is 5.74. The lowest BCUT2D eigenvalue weighted by atomic mass is 10.0. The van der Waals surface area contributed by atoms with Gasteiger partial charge in [-0.1, -0.05) is 19.1 Å². The predicted molar refractivity (Wildman–Crippen MR) is 86.0 cm³/mol. The van der Waals surface area contributed by atoms with Gasteiger partial charge in [0.15, 0.2) is 5.82 Å².